The largest absolute Gasteiger partial charge is 0.440 e. The molecule has 2 aromatic rings. The van der Waals surface area contributed by atoms with E-state index in [1.807, 2.05) is 17.5 Å². The fourth-order valence-corrected chi connectivity index (χ4v) is 1.70. The number of aromatic nitrogens is 1. The lowest BCUT2D eigenvalue weighted by molar-refractivity contribution is 0.288. The molecule has 0 aliphatic rings. The Kier molecular flexibility index (Phi) is 2.42. The van der Waals surface area contributed by atoms with Gasteiger partial charge in [0.1, 0.15) is 5.76 Å². The highest BCUT2D eigenvalue weighted by molar-refractivity contribution is 7.13. The zero-order valence-electron chi connectivity index (χ0n) is 6.93. The Morgan fingerprint density at radius 2 is 2.46 bits per heavy atom. The van der Waals surface area contributed by atoms with E-state index in [-0.39, 0.29) is 6.61 Å². The van der Waals surface area contributed by atoms with Crippen LogP contribution in [0, 0.1) is 0 Å². The van der Waals surface area contributed by atoms with Crippen LogP contribution < -0.4 is 0 Å². The Labute approximate surface area is 79.7 Å². The van der Waals surface area contributed by atoms with Gasteiger partial charge in [-0.1, -0.05) is 6.07 Å². The molecule has 0 radical (unpaired) electrons. The summed E-state index contributed by atoms with van der Waals surface area (Å²) >= 11 is 1.59. The van der Waals surface area contributed by atoms with Gasteiger partial charge in [-0.3, -0.25) is 0 Å². The van der Waals surface area contributed by atoms with Crippen molar-refractivity contribution in [3.63, 3.8) is 0 Å². The van der Waals surface area contributed by atoms with Crippen LogP contribution in [0.5, 0.6) is 0 Å². The summed E-state index contributed by atoms with van der Waals surface area (Å²) in [7, 11) is 0. The molecule has 0 aliphatic heterocycles. The maximum absolute atomic E-state index is 8.67. The molecular formula is C9H9NO2S. The van der Waals surface area contributed by atoms with Crippen LogP contribution in [-0.2, 0) is 6.42 Å². The Hall–Kier alpha value is -1.13. The number of nitrogens with zero attached hydrogens (tertiary/aromatic N) is 1. The highest BCUT2D eigenvalue weighted by atomic mass is 32.1. The lowest BCUT2D eigenvalue weighted by atomic mass is 10.4. The maximum atomic E-state index is 8.67. The maximum Gasteiger partial charge on any atom is 0.236 e. The normalized spacial score (nSPS) is 10.5. The first-order valence-corrected chi connectivity index (χ1v) is 4.87. The molecule has 0 saturated heterocycles. The van der Waals surface area contributed by atoms with E-state index < -0.39 is 0 Å². The lowest BCUT2D eigenvalue weighted by Gasteiger charge is -1.89. The van der Waals surface area contributed by atoms with Crippen LogP contribution in [0.4, 0.5) is 0 Å². The quantitative estimate of drug-likeness (QED) is 0.814. The van der Waals surface area contributed by atoms with Crippen molar-refractivity contribution in [3.8, 4) is 10.8 Å². The van der Waals surface area contributed by atoms with Crippen LogP contribution in [-0.4, -0.2) is 16.7 Å². The van der Waals surface area contributed by atoms with Crippen LogP contribution in [0.1, 0.15) is 5.76 Å². The van der Waals surface area contributed by atoms with Gasteiger partial charge in [0.2, 0.25) is 5.89 Å². The molecule has 0 unspecified atom stereocenters. The summed E-state index contributed by atoms with van der Waals surface area (Å²) in [5, 5.41) is 10.7. The average Bonchev–Trinajstić information content (AvgIpc) is 2.70. The zero-order chi connectivity index (χ0) is 9.10. The topological polar surface area (TPSA) is 46.3 Å². The Balaban J connectivity index is 2.23. The number of hydrogen-bond acceptors (Lipinski definition) is 4. The van der Waals surface area contributed by atoms with Gasteiger partial charge < -0.3 is 9.52 Å². The van der Waals surface area contributed by atoms with Gasteiger partial charge in [0.15, 0.2) is 0 Å². The van der Waals surface area contributed by atoms with Crippen molar-refractivity contribution in [2.45, 2.75) is 6.42 Å². The molecule has 0 amide bonds. The lowest BCUT2D eigenvalue weighted by Crippen LogP contribution is -1.86. The molecule has 0 aromatic carbocycles. The summed E-state index contributed by atoms with van der Waals surface area (Å²) in [6, 6.07) is 3.91. The van der Waals surface area contributed by atoms with Gasteiger partial charge in [0.25, 0.3) is 0 Å². The molecular weight excluding hydrogens is 186 g/mol. The number of aliphatic hydroxyl groups excluding tert-OH is 1. The first-order valence-electron chi connectivity index (χ1n) is 3.99. The first-order chi connectivity index (χ1) is 6.40. The van der Waals surface area contributed by atoms with Crippen molar-refractivity contribution in [3.05, 3.63) is 29.5 Å². The van der Waals surface area contributed by atoms with Gasteiger partial charge in [-0.05, 0) is 11.4 Å². The van der Waals surface area contributed by atoms with Crippen LogP contribution in [0.15, 0.2) is 28.1 Å². The number of thiophene rings is 1. The summed E-state index contributed by atoms with van der Waals surface area (Å²) < 4.78 is 5.41. The third-order valence-corrected chi connectivity index (χ3v) is 2.50. The second-order valence-electron chi connectivity index (χ2n) is 2.58. The highest BCUT2D eigenvalue weighted by Crippen LogP contribution is 2.23. The summed E-state index contributed by atoms with van der Waals surface area (Å²) in [4.78, 5) is 5.13. The molecule has 1 N–H and O–H groups in total. The summed E-state index contributed by atoms with van der Waals surface area (Å²) in [5.41, 5.74) is 0. The monoisotopic (exact) mass is 195 g/mol. The van der Waals surface area contributed by atoms with Crippen LogP contribution in [0.3, 0.4) is 0 Å². The molecule has 0 aliphatic carbocycles. The second-order valence-corrected chi connectivity index (χ2v) is 3.53. The molecule has 3 nitrogen and oxygen atoms in total. The third kappa shape index (κ3) is 1.79. The van der Waals surface area contributed by atoms with Gasteiger partial charge in [-0.25, -0.2) is 4.98 Å². The standard InChI is InChI=1S/C9H9NO2S/c11-4-3-7-6-10-9(12-7)8-2-1-5-13-8/h1-2,5-6,11H,3-4H2. The second kappa shape index (κ2) is 3.72. The summed E-state index contributed by atoms with van der Waals surface area (Å²) in [6.45, 7) is 0.0963. The van der Waals surface area contributed by atoms with Crippen molar-refractivity contribution in [1.29, 1.82) is 0 Å². The molecule has 0 spiro atoms. The minimum Gasteiger partial charge on any atom is -0.440 e. The predicted molar refractivity (Wildman–Crippen MR) is 50.6 cm³/mol. The Bertz CT molecular complexity index is 367. The molecule has 4 heteroatoms. The van der Waals surface area contributed by atoms with E-state index >= 15 is 0 Å². The third-order valence-electron chi connectivity index (χ3n) is 1.64. The van der Waals surface area contributed by atoms with E-state index in [1.54, 1.807) is 17.5 Å². The fourth-order valence-electron chi connectivity index (χ4n) is 1.05. The molecule has 2 aromatic heterocycles. The molecule has 68 valence electrons. The zero-order valence-corrected chi connectivity index (χ0v) is 7.75. The van der Waals surface area contributed by atoms with Gasteiger partial charge >= 0.3 is 0 Å². The van der Waals surface area contributed by atoms with Gasteiger partial charge in [0, 0.05) is 6.42 Å². The number of hydrogen-bond donors (Lipinski definition) is 1. The minimum atomic E-state index is 0.0963. The highest BCUT2D eigenvalue weighted by Gasteiger charge is 2.06. The predicted octanol–water partition coefficient (Wildman–Crippen LogP) is 1.94. The van der Waals surface area contributed by atoms with E-state index in [4.69, 9.17) is 9.52 Å². The van der Waals surface area contributed by atoms with Crippen molar-refractivity contribution >= 4 is 11.3 Å². The van der Waals surface area contributed by atoms with E-state index in [2.05, 4.69) is 4.98 Å². The van der Waals surface area contributed by atoms with Crippen molar-refractivity contribution in [1.82, 2.24) is 4.98 Å². The van der Waals surface area contributed by atoms with Gasteiger partial charge in [0.05, 0.1) is 17.7 Å². The van der Waals surface area contributed by atoms with Crippen molar-refractivity contribution in [2.75, 3.05) is 6.61 Å². The van der Waals surface area contributed by atoms with Gasteiger partial charge in [-0.2, -0.15) is 0 Å². The van der Waals surface area contributed by atoms with E-state index in [9.17, 15) is 0 Å². The SMILES string of the molecule is OCCc1cnc(-c2cccs2)o1. The average molecular weight is 195 g/mol. The number of rotatable bonds is 3. The van der Waals surface area contributed by atoms with E-state index in [1.165, 1.54) is 0 Å². The van der Waals surface area contributed by atoms with Crippen LogP contribution in [0.2, 0.25) is 0 Å². The van der Waals surface area contributed by atoms with Crippen LogP contribution in [0.25, 0.3) is 10.8 Å². The molecule has 0 fully saturated rings. The molecule has 2 rings (SSSR count). The summed E-state index contributed by atoms with van der Waals surface area (Å²) in [6.07, 6.45) is 2.18. The Morgan fingerprint density at radius 1 is 1.54 bits per heavy atom. The molecule has 0 saturated carbocycles. The summed E-state index contributed by atoms with van der Waals surface area (Å²) in [5.74, 6) is 1.37. The van der Waals surface area contributed by atoms with Gasteiger partial charge in [-0.15, -0.1) is 11.3 Å². The molecule has 2 heterocycles. The van der Waals surface area contributed by atoms with E-state index in [0.717, 1.165) is 10.6 Å². The first kappa shape index (κ1) is 8.47. The van der Waals surface area contributed by atoms with Crippen molar-refractivity contribution in [2.24, 2.45) is 0 Å². The smallest absolute Gasteiger partial charge is 0.236 e. The van der Waals surface area contributed by atoms with Crippen LogP contribution >= 0.6 is 11.3 Å². The van der Waals surface area contributed by atoms with E-state index in [0.29, 0.717) is 12.3 Å². The fraction of sp³-hybridized carbons (Fsp3) is 0.222. The Morgan fingerprint density at radius 3 is 3.15 bits per heavy atom. The molecule has 13 heavy (non-hydrogen) atoms. The number of oxazole rings is 1. The molecule has 0 atom stereocenters. The van der Waals surface area contributed by atoms with Crippen molar-refractivity contribution < 1.29 is 9.52 Å². The number of aliphatic hydroxyl groups is 1. The molecule has 0 bridgehead atoms. The minimum absolute atomic E-state index is 0.0963.